The molecule has 0 aromatic heterocycles. The van der Waals surface area contributed by atoms with Crippen molar-refractivity contribution in [2.45, 2.75) is 13.3 Å². The zero-order chi connectivity index (χ0) is 18.7. The highest BCUT2D eigenvalue weighted by molar-refractivity contribution is 6.00. The van der Waals surface area contributed by atoms with Gasteiger partial charge < -0.3 is 14.4 Å². The topological polar surface area (TPSA) is 72.9 Å². The molecule has 1 aliphatic rings. The van der Waals surface area contributed by atoms with E-state index in [4.69, 9.17) is 9.47 Å². The average Bonchev–Trinajstić information content (AvgIpc) is 3.04. The van der Waals surface area contributed by atoms with E-state index in [1.54, 1.807) is 41.3 Å². The van der Waals surface area contributed by atoms with Crippen molar-refractivity contribution in [3.05, 3.63) is 54.1 Å². The van der Waals surface area contributed by atoms with Crippen LogP contribution in [0.5, 0.6) is 11.5 Å². The van der Waals surface area contributed by atoms with Crippen molar-refractivity contribution in [2.75, 3.05) is 18.6 Å². The first kappa shape index (κ1) is 17.7. The molecule has 0 radical (unpaired) electrons. The minimum atomic E-state index is -0.556. The molecule has 3 rings (SSSR count). The van der Waals surface area contributed by atoms with Crippen LogP contribution >= 0.6 is 0 Å². The lowest BCUT2D eigenvalue weighted by Gasteiger charge is -2.19. The number of para-hydroxylation sites is 2. The Morgan fingerprint density at radius 1 is 1.08 bits per heavy atom. The van der Waals surface area contributed by atoms with Crippen LogP contribution in [0.15, 0.2) is 48.5 Å². The number of ether oxygens (including phenoxy) is 2. The first-order chi connectivity index (χ1) is 12.5. The second-order valence-electron chi connectivity index (χ2n) is 6.08. The SMILES string of the molecule is COc1ccccc1N1C[C@H](C(=O)Oc2ccc(C(C)=O)cc2)CC1=O. The molecule has 0 unspecified atom stereocenters. The first-order valence-electron chi connectivity index (χ1n) is 8.25. The van der Waals surface area contributed by atoms with E-state index in [0.717, 1.165) is 0 Å². The summed E-state index contributed by atoms with van der Waals surface area (Å²) < 4.78 is 10.7. The molecule has 0 N–H and O–H groups in total. The van der Waals surface area contributed by atoms with E-state index in [2.05, 4.69) is 0 Å². The lowest BCUT2D eigenvalue weighted by atomic mass is 10.1. The van der Waals surface area contributed by atoms with Gasteiger partial charge in [-0.25, -0.2) is 0 Å². The highest BCUT2D eigenvalue weighted by atomic mass is 16.5. The summed E-state index contributed by atoms with van der Waals surface area (Å²) in [5.41, 5.74) is 1.18. The summed E-state index contributed by atoms with van der Waals surface area (Å²) in [5.74, 6) is -0.302. The molecule has 1 heterocycles. The summed E-state index contributed by atoms with van der Waals surface area (Å²) in [6.07, 6.45) is 0.0857. The summed E-state index contributed by atoms with van der Waals surface area (Å²) in [4.78, 5) is 37.6. The minimum absolute atomic E-state index is 0.0586. The largest absolute Gasteiger partial charge is 0.495 e. The molecule has 2 aromatic carbocycles. The highest BCUT2D eigenvalue weighted by Crippen LogP contribution is 2.33. The van der Waals surface area contributed by atoms with E-state index < -0.39 is 11.9 Å². The number of ketones is 1. The van der Waals surface area contributed by atoms with Crippen molar-refractivity contribution in [3.8, 4) is 11.5 Å². The van der Waals surface area contributed by atoms with Crippen LogP contribution in [0.25, 0.3) is 0 Å². The van der Waals surface area contributed by atoms with Gasteiger partial charge in [-0.3, -0.25) is 14.4 Å². The van der Waals surface area contributed by atoms with Crippen LogP contribution in [0.2, 0.25) is 0 Å². The monoisotopic (exact) mass is 353 g/mol. The van der Waals surface area contributed by atoms with Gasteiger partial charge in [0.15, 0.2) is 5.78 Å². The normalized spacial score (nSPS) is 16.5. The Bertz CT molecular complexity index is 844. The second kappa shape index (κ2) is 7.39. The van der Waals surface area contributed by atoms with Gasteiger partial charge in [-0.2, -0.15) is 0 Å². The Morgan fingerprint density at radius 2 is 1.77 bits per heavy atom. The maximum atomic E-state index is 12.4. The predicted octanol–water partition coefficient (Wildman–Crippen LogP) is 2.86. The van der Waals surface area contributed by atoms with Gasteiger partial charge in [0.05, 0.1) is 18.7 Å². The number of nitrogens with zero attached hydrogens (tertiary/aromatic N) is 1. The van der Waals surface area contributed by atoms with E-state index in [0.29, 0.717) is 22.7 Å². The van der Waals surface area contributed by atoms with E-state index in [9.17, 15) is 14.4 Å². The van der Waals surface area contributed by atoms with E-state index in [1.165, 1.54) is 14.0 Å². The Kier molecular flexibility index (Phi) is 5.02. The number of hydrogen-bond acceptors (Lipinski definition) is 5. The third-order valence-corrected chi connectivity index (χ3v) is 4.31. The van der Waals surface area contributed by atoms with Crippen LogP contribution < -0.4 is 14.4 Å². The van der Waals surface area contributed by atoms with Crippen LogP contribution in [0, 0.1) is 5.92 Å². The molecule has 1 atom stereocenters. The summed E-state index contributed by atoms with van der Waals surface area (Å²) in [6, 6.07) is 13.5. The number of anilines is 1. The fraction of sp³-hybridized carbons (Fsp3) is 0.250. The van der Waals surface area contributed by atoms with Crippen LogP contribution in [-0.4, -0.2) is 31.3 Å². The Morgan fingerprint density at radius 3 is 2.42 bits per heavy atom. The lowest BCUT2D eigenvalue weighted by molar-refractivity contribution is -0.139. The maximum Gasteiger partial charge on any atom is 0.316 e. The van der Waals surface area contributed by atoms with Crippen LogP contribution in [0.4, 0.5) is 5.69 Å². The fourth-order valence-electron chi connectivity index (χ4n) is 2.91. The molecule has 6 heteroatoms. The quantitative estimate of drug-likeness (QED) is 0.469. The number of benzene rings is 2. The van der Waals surface area contributed by atoms with E-state index in [1.807, 2.05) is 12.1 Å². The number of carbonyl (C=O) groups is 3. The maximum absolute atomic E-state index is 12.4. The number of esters is 1. The van der Waals surface area contributed by atoms with Crippen LogP contribution in [0.3, 0.4) is 0 Å². The Balaban J connectivity index is 1.70. The van der Waals surface area contributed by atoms with Crippen molar-refractivity contribution in [1.29, 1.82) is 0 Å². The first-order valence-corrected chi connectivity index (χ1v) is 8.25. The molecule has 1 amide bonds. The summed E-state index contributed by atoms with van der Waals surface area (Å²) in [5, 5.41) is 0. The van der Waals surface area contributed by atoms with Gasteiger partial charge in [-0.05, 0) is 43.3 Å². The van der Waals surface area contributed by atoms with Gasteiger partial charge >= 0.3 is 5.97 Å². The van der Waals surface area contributed by atoms with Gasteiger partial charge in [0.25, 0.3) is 0 Å². The Labute approximate surface area is 151 Å². The molecule has 6 nitrogen and oxygen atoms in total. The van der Waals surface area contributed by atoms with Crippen molar-refractivity contribution >= 4 is 23.3 Å². The zero-order valence-corrected chi connectivity index (χ0v) is 14.6. The van der Waals surface area contributed by atoms with Gasteiger partial charge in [0.1, 0.15) is 11.5 Å². The molecule has 134 valence electrons. The average molecular weight is 353 g/mol. The van der Waals surface area contributed by atoms with Crippen LogP contribution in [0.1, 0.15) is 23.7 Å². The number of amides is 1. The molecule has 26 heavy (non-hydrogen) atoms. The minimum Gasteiger partial charge on any atom is -0.495 e. The van der Waals surface area contributed by atoms with Crippen molar-refractivity contribution in [1.82, 2.24) is 0 Å². The fourth-order valence-corrected chi connectivity index (χ4v) is 2.91. The van der Waals surface area contributed by atoms with Gasteiger partial charge in [0.2, 0.25) is 5.91 Å². The molecule has 0 bridgehead atoms. The van der Waals surface area contributed by atoms with Crippen molar-refractivity contribution in [3.63, 3.8) is 0 Å². The van der Waals surface area contributed by atoms with Gasteiger partial charge in [-0.15, -0.1) is 0 Å². The summed E-state index contributed by atoms with van der Waals surface area (Å²) in [7, 11) is 1.54. The number of carbonyl (C=O) groups excluding carboxylic acids is 3. The molecule has 0 saturated carbocycles. The molecule has 0 spiro atoms. The lowest BCUT2D eigenvalue weighted by Crippen LogP contribution is -2.27. The molecular formula is C20H19NO5. The second-order valence-corrected chi connectivity index (χ2v) is 6.08. The van der Waals surface area contributed by atoms with Gasteiger partial charge in [-0.1, -0.05) is 12.1 Å². The molecule has 1 saturated heterocycles. The zero-order valence-electron chi connectivity index (χ0n) is 14.6. The summed E-state index contributed by atoms with van der Waals surface area (Å²) in [6.45, 7) is 1.71. The smallest absolute Gasteiger partial charge is 0.316 e. The number of hydrogen-bond donors (Lipinski definition) is 0. The number of Topliss-reactive ketones (excluding diaryl/α,β-unsaturated/α-hetero) is 1. The molecule has 1 aliphatic heterocycles. The Hall–Kier alpha value is -3.15. The van der Waals surface area contributed by atoms with E-state index >= 15 is 0 Å². The van der Waals surface area contributed by atoms with Crippen molar-refractivity contribution in [2.24, 2.45) is 5.92 Å². The number of rotatable bonds is 5. The molecule has 0 aliphatic carbocycles. The molecule has 2 aromatic rings. The molecular weight excluding hydrogens is 334 g/mol. The van der Waals surface area contributed by atoms with Gasteiger partial charge in [0, 0.05) is 18.5 Å². The van der Waals surface area contributed by atoms with Crippen molar-refractivity contribution < 1.29 is 23.9 Å². The standard InChI is InChI=1S/C20H19NO5/c1-13(22)14-7-9-16(10-8-14)26-20(24)15-11-19(23)21(12-15)17-5-3-4-6-18(17)25-2/h3-10,15H,11-12H2,1-2H3/t15-/m1/s1. The number of methoxy groups -OCH3 is 1. The van der Waals surface area contributed by atoms with Crippen LogP contribution in [-0.2, 0) is 9.59 Å². The predicted molar refractivity (Wildman–Crippen MR) is 95.5 cm³/mol. The third kappa shape index (κ3) is 3.59. The molecule has 1 fully saturated rings. The highest BCUT2D eigenvalue weighted by Gasteiger charge is 2.37. The summed E-state index contributed by atoms with van der Waals surface area (Å²) >= 11 is 0. The van der Waals surface area contributed by atoms with E-state index in [-0.39, 0.29) is 24.7 Å². The third-order valence-electron chi connectivity index (χ3n) is 4.31.